The molecular weight excluding hydrogens is 334 g/mol. The van der Waals surface area contributed by atoms with Gasteiger partial charge < -0.3 is 9.47 Å². The molecule has 0 amide bonds. The Kier molecular flexibility index (Phi) is 7.05. The minimum absolute atomic E-state index is 0.0927. The Balaban J connectivity index is 1.46. The van der Waals surface area contributed by atoms with E-state index in [1.165, 1.54) is 44.7 Å². The fourth-order valence-corrected chi connectivity index (χ4v) is 4.31. The number of unbranched alkanes of at least 4 members (excludes halogenated alkanes) is 2. The summed E-state index contributed by atoms with van der Waals surface area (Å²) in [6.07, 6.45) is 8.75. The van der Waals surface area contributed by atoms with Crippen LogP contribution in [0.3, 0.4) is 0 Å². The van der Waals surface area contributed by atoms with Crippen molar-refractivity contribution < 1.29 is 18.3 Å². The second-order valence-corrected chi connectivity index (χ2v) is 8.12. The molecule has 1 saturated carbocycles. The van der Waals surface area contributed by atoms with Gasteiger partial charge >= 0.3 is 0 Å². The quantitative estimate of drug-likeness (QED) is 0.565. The highest BCUT2D eigenvalue weighted by molar-refractivity contribution is 5.28. The summed E-state index contributed by atoms with van der Waals surface area (Å²) < 4.78 is 39.7. The number of rotatable bonds is 6. The zero-order valence-corrected chi connectivity index (χ0v) is 16.1. The van der Waals surface area contributed by atoms with Gasteiger partial charge in [0.25, 0.3) is 0 Å². The van der Waals surface area contributed by atoms with Gasteiger partial charge in [-0.2, -0.15) is 0 Å². The summed E-state index contributed by atoms with van der Waals surface area (Å²) in [5.74, 6) is 0.308. The maximum absolute atomic E-state index is 13.8. The molecule has 1 aromatic carbocycles. The van der Waals surface area contributed by atoms with Crippen LogP contribution in [-0.4, -0.2) is 19.5 Å². The van der Waals surface area contributed by atoms with Crippen molar-refractivity contribution >= 4 is 0 Å². The van der Waals surface area contributed by atoms with Crippen LogP contribution in [0.1, 0.15) is 75.3 Å². The third-order valence-corrected chi connectivity index (χ3v) is 6.14. The van der Waals surface area contributed by atoms with Gasteiger partial charge in [0, 0.05) is 17.4 Å². The molecule has 1 aliphatic heterocycles. The van der Waals surface area contributed by atoms with Gasteiger partial charge in [0.15, 0.2) is 6.29 Å². The van der Waals surface area contributed by atoms with Gasteiger partial charge in [0.1, 0.15) is 11.6 Å². The summed E-state index contributed by atoms with van der Waals surface area (Å²) in [7, 11) is 0. The average molecular weight is 366 g/mol. The van der Waals surface area contributed by atoms with Crippen LogP contribution in [0.4, 0.5) is 8.78 Å². The van der Waals surface area contributed by atoms with Crippen molar-refractivity contribution in [2.24, 2.45) is 11.8 Å². The summed E-state index contributed by atoms with van der Waals surface area (Å²) >= 11 is 0. The largest absolute Gasteiger partial charge is 0.352 e. The summed E-state index contributed by atoms with van der Waals surface area (Å²) in [4.78, 5) is 0. The lowest BCUT2D eigenvalue weighted by atomic mass is 9.78. The second kappa shape index (κ2) is 9.27. The molecule has 1 aromatic rings. The molecule has 1 saturated heterocycles. The van der Waals surface area contributed by atoms with Crippen molar-refractivity contribution in [3.8, 4) is 0 Å². The Bertz CT molecular complexity index is 551. The Morgan fingerprint density at radius 3 is 2.15 bits per heavy atom. The number of ether oxygens (including phenoxy) is 2. The molecule has 2 fully saturated rings. The smallest absolute Gasteiger partial charge is 0.160 e. The normalized spacial score (nSPS) is 29.7. The van der Waals surface area contributed by atoms with Crippen molar-refractivity contribution in [1.29, 1.82) is 0 Å². The Morgan fingerprint density at radius 2 is 1.58 bits per heavy atom. The highest BCUT2D eigenvalue weighted by atomic mass is 19.1. The monoisotopic (exact) mass is 366 g/mol. The molecule has 1 aliphatic carbocycles. The van der Waals surface area contributed by atoms with Gasteiger partial charge in [-0.25, -0.2) is 8.78 Å². The van der Waals surface area contributed by atoms with E-state index in [0.29, 0.717) is 11.8 Å². The SMILES string of the molecule is CCCCCC1COC(C2CCC(c3cc(F)c(C)c(F)c3)CC2)OC1. The van der Waals surface area contributed by atoms with Crippen molar-refractivity contribution in [1.82, 2.24) is 0 Å². The van der Waals surface area contributed by atoms with Crippen LogP contribution in [0.5, 0.6) is 0 Å². The van der Waals surface area contributed by atoms with Crippen molar-refractivity contribution in [2.75, 3.05) is 13.2 Å². The Morgan fingerprint density at radius 1 is 0.962 bits per heavy atom. The van der Waals surface area contributed by atoms with Crippen LogP contribution in [0, 0.1) is 30.4 Å². The lowest BCUT2D eigenvalue weighted by Gasteiger charge is -2.37. The first-order chi connectivity index (χ1) is 12.6. The van der Waals surface area contributed by atoms with E-state index in [2.05, 4.69) is 6.92 Å². The third kappa shape index (κ3) is 4.83. The molecular formula is C22H32F2O2. The molecule has 26 heavy (non-hydrogen) atoms. The van der Waals surface area contributed by atoms with E-state index in [1.54, 1.807) is 0 Å². The zero-order chi connectivity index (χ0) is 18.5. The minimum atomic E-state index is -0.435. The molecule has 3 rings (SSSR count). The molecule has 1 heterocycles. The summed E-state index contributed by atoms with van der Waals surface area (Å²) in [5, 5.41) is 0. The molecule has 0 aromatic heterocycles. The molecule has 0 spiro atoms. The van der Waals surface area contributed by atoms with E-state index in [9.17, 15) is 8.78 Å². The predicted octanol–water partition coefficient (Wildman–Crippen LogP) is 6.12. The first kappa shape index (κ1) is 19.8. The number of benzene rings is 1. The maximum atomic E-state index is 13.8. The first-order valence-corrected chi connectivity index (χ1v) is 10.3. The van der Waals surface area contributed by atoms with Gasteiger partial charge in [-0.05, 0) is 62.6 Å². The fraction of sp³-hybridized carbons (Fsp3) is 0.727. The van der Waals surface area contributed by atoms with Crippen LogP contribution >= 0.6 is 0 Å². The number of hydrogen-bond acceptors (Lipinski definition) is 2. The topological polar surface area (TPSA) is 18.5 Å². The molecule has 2 aliphatic rings. The molecule has 146 valence electrons. The van der Waals surface area contributed by atoms with Gasteiger partial charge in [0.05, 0.1) is 13.2 Å². The number of hydrogen-bond donors (Lipinski definition) is 0. The van der Waals surface area contributed by atoms with Crippen molar-refractivity contribution in [3.63, 3.8) is 0 Å². The summed E-state index contributed by atoms with van der Waals surface area (Å²) in [6, 6.07) is 3.02. The molecule has 4 heteroatoms. The van der Waals surface area contributed by atoms with E-state index < -0.39 is 11.6 Å². The standard InChI is InChI=1S/C22H32F2O2/c1-3-4-5-6-16-13-25-22(26-14-16)18-9-7-17(8-10-18)19-11-20(23)15(2)21(24)12-19/h11-12,16-18,22H,3-10,13-14H2,1-2H3. The van der Waals surface area contributed by atoms with Gasteiger partial charge in [0.2, 0.25) is 0 Å². The van der Waals surface area contributed by atoms with E-state index in [1.807, 2.05) is 0 Å². The lowest BCUT2D eigenvalue weighted by Crippen LogP contribution is -2.38. The Labute approximate surface area is 156 Å². The zero-order valence-electron chi connectivity index (χ0n) is 16.1. The highest BCUT2D eigenvalue weighted by Crippen LogP contribution is 2.39. The van der Waals surface area contributed by atoms with Crippen molar-refractivity contribution in [3.05, 3.63) is 34.9 Å². The predicted molar refractivity (Wildman–Crippen MR) is 99.1 cm³/mol. The van der Waals surface area contributed by atoms with Gasteiger partial charge in [-0.15, -0.1) is 0 Å². The first-order valence-electron chi connectivity index (χ1n) is 10.3. The summed E-state index contributed by atoms with van der Waals surface area (Å²) in [6.45, 7) is 5.32. The van der Waals surface area contributed by atoms with Crippen molar-refractivity contribution in [2.45, 2.75) is 77.4 Å². The van der Waals surface area contributed by atoms with E-state index in [0.717, 1.165) is 44.5 Å². The minimum Gasteiger partial charge on any atom is -0.352 e. The fourth-order valence-electron chi connectivity index (χ4n) is 4.31. The van der Waals surface area contributed by atoms with Crippen LogP contribution in [0.25, 0.3) is 0 Å². The van der Waals surface area contributed by atoms with Gasteiger partial charge in [-0.3, -0.25) is 0 Å². The van der Waals surface area contributed by atoms with Crippen LogP contribution in [0.2, 0.25) is 0 Å². The summed E-state index contributed by atoms with van der Waals surface area (Å²) in [5.41, 5.74) is 0.908. The van der Waals surface area contributed by atoms with Crippen LogP contribution in [0.15, 0.2) is 12.1 Å². The molecule has 0 unspecified atom stereocenters. The van der Waals surface area contributed by atoms with E-state index >= 15 is 0 Å². The third-order valence-electron chi connectivity index (χ3n) is 6.14. The lowest BCUT2D eigenvalue weighted by molar-refractivity contribution is -0.229. The molecule has 2 nitrogen and oxygen atoms in total. The Hall–Kier alpha value is -1.00. The molecule has 0 N–H and O–H groups in total. The van der Waals surface area contributed by atoms with E-state index in [-0.39, 0.29) is 17.8 Å². The van der Waals surface area contributed by atoms with Crippen LogP contribution in [-0.2, 0) is 9.47 Å². The highest BCUT2D eigenvalue weighted by Gasteiger charge is 2.33. The van der Waals surface area contributed by atoms with Crippen LogP contribution < -0.4 is 0 Å². The maximum Gasteiger partial charge on any atom is 0.160 e. The second-order valence-electron chi connectivity index (χ2n) is 8.12. The van der Waals surface area contributed by atoms with E-state index in [4.69, 9.17) is 9.47 Å². The molecule has 0 atom stereocenters. The number of halogens is 2. The average Bonchev–Trinajstić information content (AvgIpc) is 2.67. The van der Waals surface area contributed by atoms with Gasteiger partial charge in [-0.1, -0.05) is 26.2 Å². The molecule has 0 radical (unpaired) electrons. The molecule has 0 bridgehead atoms.